The van der Waals surface area contributed by atoms with Gasteiger partial charge in [-0.2, -0.15) is 0 Å². The second kappa shape index (κ2) is 4.81. The van der Waals surface area contributed by atoms with E-state index < -0.39 is 0 Å². The number of piperidine rings is 1. The monoisotopic (exact) mass is 275 g/mol. The molecule has 1 saturated heterocycles. The highest BCUT2D eigenvalue weighted by atomic mass is 19.1. The summed E-state index contributed by atoms with van der Waals surface area (Å²) in [5, 5.41) is 0. The minimum atomic E-state index is -0.381. The number of hydrogen-bond acceptors (Lipinski definition) is 3. The Balaban J connectivity index is 1.50. The number of amides is 2. The first-order valence-corrected chi connectivity index (χ1v) is 6.72. The van der Waals surface area contributed by atoms with Gasteiger partial charge in [0, 0.05) is 18.5 Å². The zero-order chi connectivity index (χ0) is 14.3. The normalized spacial score (nSPS) is 23.9. The maximum atomic E-state index is 12.7. The smallest absolute Gasteiger partial charge is 0.233 e. The molecule has 1 aromatic rings. The summed E-state index contributed by atoms with van der Waals surface area (Å²) in [6.45, 7) is 0.303. The van der Waals surface area contributed by atoms with Crippen molar-refractivity contribution in [2.45, 2.75) is 19.3 Å². The zero-order valence-corrected chi connectivity index (χ0v) is 10.8. The molecule has 0 bridgehead atoms. The number of halogens is 1. The summed E-state index contributed by atoms with van der Waals surface area (Å²) in [6, 6.07) is 5.38. The minimum Gasteiger partial charge on any atom is -0.294 e. The van der Waals surface area contributed by atoms with E-state index in [9.17, 15) is 18.8 Å². The van der Waals surface area contributed by atoms with E-state index in [1.807, 2.05) is 0 Å². The van der Waals surface area contributed by atoms with Crippen LogP contribution >= 0.6 is 0 Å². The first kappa shape index (κ1) is 13.0. The Labute approximate surface area is 115 Å². The molecular weight excluding hydrogens is 261 g/mol. The first-order valence-electron chi connectivity index (χ1n) is 6.72. The van der Waals surface area contributed by atoms with Crippen LogP contribution in [-0.4, -0.2) is 29.0 Å². The van der Waals surface area contributed by atoms with Crippen LogP contribution in [0.15, 0.2) is 24.3 Å². The van der Waals surface area contributed by atoms with Gasteiger partial charge < -0.3 is 0 Å². The van der Waals surface area contributed by atoms with Crippen molar-refractivity contribution in [2.24, 2.45) is 11.8 Å². The second-order valence-electron chi connectivity index (χ2n) is 5.31. The molecule has 1 aromatic carbocycles. The van der Waals surface area contributed by atoms with Gasteiger partial charge in [-0.1, -0.05) is 0 Å². The van der Waals surface area contributed by atoms with Gasteiger partial charge in [-0.05, 0) is 37.1 Å². The third-order valence-electron chi connectivity index (χ3n) is 3.91. The van der Waals surface area contributed by atoms with Crippen LogP contribution in [-0.2, 0) is 9.59 Å². The van der Waals surface area contributed by atoms with Crippen molar-refractivity contribution in [1.29, 1.82) is 0 Å². The van der Waals surface area contributed by atoms with Crippen LogP contribution in [0.3, 0.4) is 0 Å². The number of carbonyl (C=O) groups excluding carboxylic acids is 3. The molecule has 1 aliphatic carbocycles. The van der Waals surface area contributed by atoms with Gasteiger partial charge in [-0.15, -0.1) is 0 Å². The lowest BCUT2D eigenvalue weighted by Gasteiger charge is -2.15. The zero-order valence-electron chi connectivity index (χ0n) is 10.8. The number of imide groups is 1. The van der Waals surface area contributed by atoms with Crippen LogP contribution in [0.5, 0.6) is 0 Å². The van der Waals surface area contributed by atoms with Crippen LogP contribution in [0.2, 0.25) is 0 Å². The van der Waals surface area contributed by atoms with E-state index in [4.69, 9.17) is 0 Å². The molecule has 2 amide bonds. The van der Waals surface area contributed by atoms with Gasteiger partial charge in [0.2, 0.25) is 11.8 Å². The summed E-state index contributed by atoms with van der Waals surface area (Å²) in [7, 11) is 0. The van der Waals surface area contributed by atoms with Gasteiger partial charge in [-0.3, -0.25) is 19.3 Å². The van der Waals surface area contributed by atoms with E-state index in [0.29, 0.717) is 24.9 Å². The van der Waals surface area contributed by atoms with Crippen molar-refractivity contribution < 1.29 is 18.8 Å². The molecule has 1 aliphatic heterocycles. The molecule has 0 N–H and O–H groups in total. The van der Waals surface area contributed by atoms with Crippen molar-refractivity contribution >= 4 is 17.6 Å². The second-order valence-corrected chi connectivity index (χ2v) is 5.31. The summed E-state index contributed by atoms with van der Waals surface area (Å²) in [5.74, 6) is -0.836. The van der Waals surface area contributed by atoms with Crippen molar-refractivity contribution in [2.75, 3.05) is 6.54 Å². The van der Waals surface area contributed by atoms with Gasteiger partial charge in [0.15, 0.2) is 5.78 Å². The summed E-state index contributed by atoms with van der Waals surface area (Å²) in [6.07, 6.45) is 1.40. The highest BCUT2D eigenvalue weighted by Gasteiger charge is 2.58. The van der Waals surface area contributed by atoms with Crippen LogP contribution in [0.25, 0.3) is 0 Å². The fourth-order valence-corrected chi connectivity index (χ4v) is 2.65. The lowest BCUT2D eigenvalue weighted by molar-refractivity contribution is -0.141. The largest absolute Gasteiger partial charge is 0.294 e. The molecular formula is C15H14FNO3. The minimum absolute atomic E-state index is 0.0877. The molecule has 3 rings (SSSR count). The van der Waals surface area contributed by atoms with Crippen molar-refractivity contribution in [1.82, 2.24) is 4.90 Å². The topological polar surface area (TPSA) is 54.5 Å². The number of ketones is 1. The number of carbonyl (C=O) groups is 3. The van der Waals surface area contributed by atoms with E-state index in [2.05, 4.69) is 0 Å². The Kier molecular flexibility index (Phi) is 3.12. The number of nitrogens with zero attached hydrogens (tertiary/aromatic N) is 1. The molecule has 2 unspecified atom stereocenters. The van der Waals surface area contributed by atoms with Crippen molar-refractivity contribution in [3.8, 4) is 0 Å². The van der Waals surface area contributed by atoms with Gasteiger partial charge in [-0.25, -0.2) is 4.39 Å². The Hall–Kier alpha value is -2.04. The Bertz CT molecular complexity index is 561. The summed E-state index contributed by atoms with van der Waals surface area (Å²) < 4.78 is 12.7. The molecule has 1 saturated carbocycles. The van der Waals surface area contributed by atoms with Crippen molar-refractivity contribution in [3.63, 3.8) is 0 Å². The number of Topliss-reactive ketones (excluding diaryl/α,β-unsaturated/α-hetero) is 1. The fraction of sp³-hybridized carbons (Fsp3) is 0.400. The molecule has 0 spiro atoms. The maximum absolute atomic E-state index is 12.7. The lowest BCUT2D eigenvalue weighted by Crippen LogP contribution is -2.34. The fourth-order valence-electron chi connectivity index (χ4n) is 2.65. The predicted molar refractivity (Wildman–Crippen MR) is 68.3 cm³/mol. The quantitative estimate of drug-likeness (QED) is 0.608. The molecule has 0 radical (unpaired) electrons. The van der Waals surface area contributed by atoms with Crippen LogP contribution in [0.1, 0.15) is 29.6 Å². The molecule has 104 valence electrons. The van der Waals surface area contributed by atoms with Crippen LogP contribution in [0.4, 0.5) is 4.39 Å². The molecule has 2 atom stereocenters. The SMILES string of the molecule is O=C(CCCN1C(=O)C2CC2C1=O)c1ccc(F)cc1. The average molecular weight is 275 g/mol. The number of hydrogen-bond donors (Lipinski definition) is 0. The third-order valence-corrected chi connectivity index (χ3v) is 3.91. The summed E-state index contributed by atoms with van der Waals surface area (Å²) >= 11 is 0. The van der Waals surface area contributed by atoms with Gasteiger partial charge >= 0.3 is 0 Å². The highest BCUT2D eigenvalue weighted by Crippen LogP contribution is 2.46. The Morgan fingerprint density at radius 2 is 1.75 bits per heavy atom. The van der Waals surface area contributed by atoms with E-state index in [0.717, 1.165) is 0 Å². The van der Waals surface area contributed by atoms with Gasteiger partial charge in [0.05, 0.1) is 11.8 Å². The molecule has 2 fully saturated rings. The standard InChI is InChI=1S/C15H14FNO3/c16-10-5-3-9(4-6-10)13(18)2-1-7-17-14(19)11-8-12(11)15(17)20/h3-6,11-12H,1-2,7-8H2. The number of likely N-dealkylation sites (tertiary alicyclic amines) is 1. The third kappa shape index (κ3) is 2.24. The van der Waals surface area contributed by atoms with E-state index in [-0.39, 0.29) is 41.7 Å². The molecule has 1 heterocycles. The Morgan fingerprint density at radius 3 is 2.35 bits per heavy atom. The van der Waals surface area contributed by atoms with Gasteiger partial charge in [0.25, 0.3) is 0 Å². The van der Waals surface area contributed by atoms with Gasteiger partial charge in [0.1, 0.15) is 5.82 Å². The summed E-state index contributed by atoms with van der Waals surface area (Å²) in [5.41, 5.74) is 0.452. The Morgan fingerprint density at radius 1 is 1.15 bits per heavy atom. The highest BCUT2D eigenvalue weighted by molar-refractivity contribution is 6.08. The molecule has 20 heavy (non-hydrogen) atoms. The molecule has 4 nitrogen and oxygen atoms in total. The number of fused-ring (bicyclic) bond motifs is 1. The van der Waals surface area contributed by atoms with Crippen molar-refractivity contribution in [3.05, 3.63) is 35.6 Å². The average Bonchev–Trinajstić information content (AvgIpc) is 3.19. The number of benzene rings is 1. The van der Waals surface area contributed by atoms with E-state index in [1.54, 1.807) is 0 Å². The molecule has 5 heteroatoms. The van der Waals surface area contributed by atoms with Crippen LogP contribution in [0, 0.1) is 17.7 Å². The predicted octanol–water partition coefficient (Wildman–Crippen LogP) is 1.79. The lowest BCUT2D eigenvalue weighted by atomic mass is 10.1. The molecule has 0 aromatic heterocycles. The summed E-state index contributed by atoms with van der Waals surface area (Å²) in [4.78, 5) is 36.6. The molecule has 2 aliphatic rings. The van der Waals surface area contributed by atoms with E-state index in [1.165, 1.54) is 29.2 Å². The van der Waals surface area contributed by atoms with Crippen LogP contribution < -0.4 is 0 Å². The maximum Gasteiger partial charge on any atom is 0.233 e. The first-order chi connectivity index (χ1) is 9.58. The number of rotatable bonds is 5. The van der Waals surface area contributed by atoms with E-state index >= 15 is 0 Å².